The maximum absolute atomic E-state index is 13.5. The molecule has 1 heterocycles. The van der Waals surface area contributed by atoms with Crippen molar-refractivity contribution in [1.82, 2.24) is 14.5 Å². The van der Waals surface area contributed by atoms with Crippen LogP contribution in [0.3, 0.4) is 0 Å². The molecule has 0 radical (unpaired) electrons. The Morgan fingerprint density at radius 3 is 2.42 bits per heavy atom. The number of rotatable bonds is 4. The second-order valence-corrected chi connectivity index (χ2v) is 7.95. The third kappa shape index (κ3) is 3.84. The highest BCUT2D eigenvalue weighted by Gasteiger charge is 2.25. The highest BCUT2D eigenvalue weighted by Crippen LogP contribution is 2.25. The maximum atomic E-state index is 13.5. The SMILES string of the molecule is Cc1cc(Cl)ccc1-n1c(C(C)N(C)C(=O)c2ccccc2)nc2ccccc2c1=O. The van der Waals surface area contributed by atoms with Gasteiger partial charge in [-0.1, -0.05) is 41.9 Å². The van der Waals surface area contributed by atoms with E-state index >= 15 is 0 Å². The predicted octanol–water partition coefficient (Wildman–Crippen LogP) is 5.18. The molecule has 4 rings (SSSR count). The smallest absolute Gasteiger partial charge is 0.266 e. The van der Waals surface area contributed by atoms with Crippen LogP contribution in [0.25, 0.3) is 16.6 Å². The highest BCUT2D eigenvalue weighted by molar-refractivity contribution is 6.30. The van der Waals surface area contributed by atoms with Gasteiger partial charge in [0.05, 0.1) is 22.6 Å². The van der Waals surface area contributed by atoms with E-state index in [1.54, 1.807) is 40.8 Å². The fraction of sp³-hybridized carbons (Fsp3) is 0.160. The summed E-state index contributed by atoms with van der Waals surface area (Å²) in [6.07, 6.45) is 0. The molecule has 0 aliphatic heterocycles. The average molecular weight is 432 g/mol. The molecule has 0 aliphatic carbocycles. The van der Waals surface area contributed by atoms with Crippen molar-refractivity contribution >= 4 is 28.4 Å². The Morgan fingerprint density at radius 2 is 1.71 bits per heavy atom. The Labute approximate surface area is 185 Å². The van der Waals surface area contributed by atoms with Gasteiger partial charge >= 0.3 is 0 Å². The lowest BCUT2D eigenvalue weighted by atomic mass is 10.1. The van der Waals surface area contributed by atoms with Gasteiger partial charge in [-0.3, -0.25) is 14.2 Å². The Balaban J connectivity index is 1.92. The first-order valence-electron chi connectivity index (χ1n) is 9.99. The summed E-state index contributed by atoms with van der Waals surface area (Å²) in [5, 5.41) is 1.11. The minimum absolute atomic E-state index is 0.144. The minimum atomic E-state index is -0.458. The Hall–Kier alpha value is -3.44. The molecule has 0 bridgehead atoms. The molecule has 0 fully saturated rings. The molecule has 4 aromatic rings. The van der Waals surface area contributed by atoms with Crippen molar-refractivity contribution in [1.29, 1.82) is 0 Å². The van der Waals surface area contributed by atoms with Crippen LogP contribution in [0.1, 0.15) is 34.7 Å². The summed E-state index contributed by atoms with van der Waals surface area (Å²) in [6.45, 7) is 3.77. The van der Waals surface area contributed by atoms with Crippen molar-refractivity contribution in [2.45, 2.75) is 19.9 Å². The molecular weight excluding hydrogens is 410 g/mol. The molecule has 3 aromatic carbocycles. The molecule has 0 N–H and O–H groups in total. The number of hydrogen-bond acceptors (Lipinski definition) is 3. The molecule has 6 heteroatoms. The lowest BCUT2D eigenvalue weighted by molar-refractivity contribution is 0.0735. The molecule has 1 unspecified atom stereocenters. The summed E-state index contributed by atoms with van der Waals surface area (Å²) < 4.78 is 1.59. The zero-order valence-corrected chi connectivity index (χ0v) is 18.3. The second kappa shape index (κ2) is 8.36. The fourth-order valence-electron chi connectivity index (χ4n) is 3.67. The topological polar surface area (TPSA) is 55.2 Å². The minimum Gasteiger partial charge on any atom is -0.332 e. The van der Waals surface area contributed by atoms with Crippen molar-refractivity contribution in [3.63, 3.8) is 0 Å². The molecule has 0 saturated heterocycles. The molecule has 0 spiro atoms. The summed E-state index contributed by atoms with van der Waals surface area (Å²) in [7, 11) is 1.72. The van der Waals surface area contributed by atoms with Gasteiger partial charge in [-0.25, -0.2) is 4.98 Å². The van der Waals surface area contributed by atoms with E-state index in [9.17, 15) is 9.59 Å². The number of carbonyl (C=O) groups is 1. The summed E-state index contributed by atoms with van der Waals surface area (Å²) in [5.41, 5.74) is 2.53. The second-order valence-electron chi connectivity index (χ2n) is 7.52. The van der Waals surface area contributed by atoms with Crippen molar-refractivity contribution in [2.75, 3.05) is 7.05 Å². The predicted molar refractivity (Wildman–Crippen MR) is 124 cm³/mol. The van der Waals surface area contributed by atoms with E-state index in [0.717, 1.165) is 5.56 Å². The molecule has 0 aliphatic rings. The van der Waals surface area contributed by atoms with Crippen molar-refractivity contribution in [2.24, 2.45) is 0 Å². The standard InChI is InChI=1S/C25H22ClN3O2/c1-16-15-19(26)13-14-22(16)29-23(27-21-12-8-7-11-20(21)25(29)31)17(2)28(3)24(30)18-9-5-4-6-10-18/h4-15,17H,1-3H3. The number of nitrogens with zero attached hydrogens (tertiary/aromatic N) is 3. The largest absolute Gasteiger partial charge is 0.332 e. The zero-order valence-electron chi connectivity index (χ0n) is 17.5. The lowest BCUT2D eigenvalue weighted by Crippen LogP contribution is -2.35. The molecule has 156 valence electrons. The number of halogens is 1. The number of hydrogen-bond donors (Lipinski definition) is 0. The monoisotopic (exact) mass is 431 g/mol. The summed E-state index contributed by atoms with van der Waals surface area (Å²) >= 11 is 6.15. The van der Waals surface area contributed by atoms with Gasteiger partial charge in [0.1, 0.15) is 5.82 Å². The first-order valence-corrected chi connectivity index (χ1v) is 10.4. The van der Waals surface area contributed by atoms with E-state index in [-0.39, 0.29) is 11.5 Å². The quantitative estimate of drug-likeness (QED) is 0.447. The third-order valence-corrected chi connectivity index (χ3v) is 5.73. The Morgan fingerprint density at radius 1 is 1.03 bits per heavy atom. The van der Waals surface area contributed by atoms with E-state index < -0.39 is 6.04 Å². The van der Waals surface area contributed by atoms with Gasteiger partial charge in [0.15, 0.2) is 0 Å². The van der Waals surface area contributed by atoms with E-state index in [4.69, 9.17) is 16.6 Å². The number of aryl methyl sites for hydroxylation is 1. The first-order chi connectivity index (χ1) is 14.9. The van der Waals surface area contributed by atoms with E-state index in [0.29, 0.717) is 33.0 Å². The molecule has 1 aromatic heterocycles. The number of para-hydroxylation sites is 1. The number of aromatic nitrogens is 2. The molecule has 1 atom stereocenters. The van der Waals surface area contributed by atoms with Crippen LogP contribution in [0.4, 0.5) is 0 Å². The van der Waals surface area contributed by atoms with E-state index in [1.165, 1.54) is 0 Å². The van der Waals surface area contributed by atoms with Gasteiger partial charge in [0.25, 0.3) is 11.5 Å². The van der Waals surface area contributed by atoms with Gasteiger partial charge in [-0.05, 0) is 61.9 Å². The van der Waals surface area contributed by atoms with Crippen LogP contribution in [0.2, 0.25) is 5.02 Å². The number of benzene rings is 3. The maximum Gasteiger partial charge on any atom is 0.266 e. The summed E-state index contributed by atoms with van der Waals surface area (Å²) in [6, 6.07) is 21.2. The van der Waals surface area contributed by atoms with Gasteiger partial charge < -0.3 is 4.90 Å². The number of carbonyl (C=O) groups excluding carboxylic acids is 1. The molecule has 1 amide bonds. The summed E-state index contributed by atoms with van der Waals surface area (Å²) in [4.78, 5) is 33.0. The normalized spacial score (nSPS) is 12.0. The van der Waals surface area contributed by atoms with Crippen molar-refractivity contribution in [3.05, 3.63) is 105 Å². The van der Waals surface area contributed by atoms with Crippen LogP contribution in [0.5, 0.6) is 0 Å². The highest BCUT2D eigenvalue weighted by atomic mass is 35.5. The van der Waals surface area contributed by atoms with Gasteiger partial charge in [0.2, 0.25) is 0 Å². The van der Waals surface area contributed by atoms with Gasteiger partial charge in [0, 0.05) is 17.6 Å². The molecule has 5 nitrogen and oxygen atoms in total. The van der Waals surface area contributed by atoms with Crippen LogP contribution >= 0.6 is 11.6 Å². The van der Waals surface area contributed by atoms with Gasteiger partial charge in [-0.15, -0.1) is 0 Å². The molecular formula is C25H22ClN3O2. The lowest BCUT2D eigenvalue weighted by Gasteiger charge is -2.27. The van der Waals surface area contributed by atoms with Crippen molar-refractivity contribution < 1.29 is 4.79 Å². The zero-order chi connectivity index (χ0) is 22.1. The Kier molecular flexibility index (Phi) is 5.61. The molecule has 0 saturated carbocycles. The average Bonchev–Trinajstić information content (AvgIpc) is 2.79. The van der Waals surface area contributed by atoms with Crippen LogP contribution in [0.15, 0.2) is 77.6 Å². The number of fused-ring (bicyclic) bond motifs is 1. The molecule has 31 heavy (non-hydrogen) atoms. The van der Waals surface area contributed by atoms with Crippen LogP contribution in [-0.2, 0) is 0 Å². The van der Waals surface area contributed by atoms with E-state index in [2.05, 4.69) is 0 Å². The van der Waals surface area contributed by atoms with Crippen LogP contribution in [0, 0.1) is 6.92 Å². The van der Waals surface area contributed by atoms with Crippen LogP contribution in [-0.4, -0.2) is 27.4 Å². The summed E-state index contributed by atoms with van der Waals surface area (Å²) in [5.74, 6) is 0.343. The van der Waals surface area contributed by atoms with Crippen molar-refractivity contribution in [3.8, 4) is 5.69 Å². The number of amides is 1. The van der Waals surface area contributed by atoms with Gasteiger partial charge in [-0.2, -0.15) is 0 Å². The van der Waals surface area contributed by atoms with E-state index in [1.807, 2.05) is 62.4 Å². The van der Waals surface area contributed by atoms with Crippen LogP contribution < -0.4 is 5.56 Å². The first kappa shape index (κ1) is 20.8. The Bertz CT molecular complexity index is 1330. The third-order valence-electron chi connectivity index (χ3n) is 5.50. The fourth-order valence-corrected chi connectivity index (χ4v) is 3.89.